The van der Waals surface area contributed by atoms with Crippen LogP contribution in [0.4, 0.5) is 0 Å². The molecular weight excluding hydrogens is 382 g/mol. The highest BCUT2D eigenvalue weighted by Crippen LogP contribution is 2.44. The number of carboxylic acid groups (broad SMARTS) is 1. The molecule has 5 nitrogen and oxygen atoms in total. The summed E-state index contributed by atoms with van der Waals surface area (Å²) < 4.78 is 1.03. The molecule has 25 heavy (non-hydrogen) atoms. The highest BCUT2D eigenvalue weighted by molar-refractivity contribution is 8.00. The number of carbonyl (C=O) groups excluding carboxylic acids is 2. The molecule has 0 aromatic carbocycles. The van der Waals surface area contributed by atoms with Gasteiger partial charge in [-0.25, -0.2) is 0 Å². The standard InChI is InChI=1S/C17H16ClNO4S2/c1-8-9(7-13(21)22)15-10(3-4-11(20)16(15)18)19(8)17(23)12-5-6-14(24-2)25-12/h5-6,10H,3-4,7H2,1-2H3,(H,21,22). The van der Waals surface area contributed by atoms with Crippen molar-refractivity contribution in [2.24, 2.45) is 0 Å². The highest BCUT2D eigenvalue weighted by Gasteiger charge is 2.43. The number of ketones is 1. The lowest BCUT2D eigenvalue weighted by atomic mass is 9.89. The number of Topliss-reactive ketones (excluding diaryl/α,β-unsaturated/α-hetero) is 1. The number of nitrogens with zero attached hydrogens (tertiary/aromatic N) is 1. The number of rotatable bonds is 4. The summed E-state index contributed by atoms with van der Waals surface area (Å²) in [5, 5.41) is 9.29. The lowest BCUT2D eigenvalue weighted by molar-refractivity contribution is -0.136. The van der Waals surface area contributed by atoms with Gasteiger partial charge in [-0.2, -0.15) is 0 Å². The number of halogens is 1. The molecule has 0 saturated carbocycles. The molecule has 1 amide bonds. The Morgan fingerprint density at radius 3 is 2.76 bits per heavy atom. The Hall–Kier alpha value is -1.57. The minimum Gasteiger partial charge on any atom is -0.481 e. The third-order valence-electron chi connectivity index (χ3n) is 4.43. The van der Waals surface area contributed by atoms with Gasteiger partial charge in [0, 0.05) is 17.7 Å². The molecule has 0 bridgehead atoms. The Balaban J connectivity index is 2.07. The highest BCUT2D eigenvalue weighted by atomic mass is 35.5. The third kappa shape index (κ3) is 3.16. The fraction of sp³-hybridized carbons (Fsp3) is 0.353. The van der Waals surface area contributed by atoms with E-state index in [4.69, 9.17) is 11.6 Å². The number of carbonyl (C=O) groups is 3. The number of thioether (sulfide) groups is 1. The molecule has 132 valence electrons. The minimum absolute atomic E-state index is 0.0677. The van der Waals surface area contributed by atoms with Crippen LogP contribution in [0.3, 0.4) is 0 Å². The van der Waals surface area contributed by atoms with E-state index in [1.165, 1.54) is 11.3 Å². The molecule has 2 heterocycles. The lowest BCUT2D eigenvalue weighted by Crippen LogP contribution is -2.38. The van der Waals surface area contributed by atoms with Crippen molar-refractivity contribution in [3.63, 3.8) is 0 Å². The average Bonchev–Trinajstić information content (AvgIpc) is 3.14. The number of carboxylic acids is 1. The number of hydrogen-bond acceptors (Lipinski definition) is 5. The van der Waals surface area contributed by atoms with E-state index in [1.807, 2.05) is 12.3 Å². The second-order valence-electron chi connectivity index (χ2n) is 5.84. The van der Waals surface area contributed by atoms with Crippen LogP contribution in [0.25, 0.3) is 0 Å². The first-order valence-electron chi connectivity index (χ1n) is 7.67. The van der Waals surface area contributed by atoms with Gasteiger partial charge in [0.25, 0.3) is 5.91 Å². The van der Waals surface area contributed by atoms with E-state index >= 15 is 0 Å². The molecule has 0 fully saturated rings. The summed E-state index contributed by atoms with van der Waals surface area (Å²) in [4.78, 5) is 38.5. The summed E-state index contributed by atoms with van der Waals surface area (Å²) in [6.45, 7) is 1.72. The largest absolute Gasteiger partial charge is 0.481 e. The van der Waals surface area contributed by atoms with Crippen LogP contribution >= 0.6 is 34.7 Å². The Labute approximate surface area is 158 Å². The van der Waals surface area contributed by atoms with E-state index in [0.29, 0.717) is 28.1 Å². The quantitative estimate of drug-likeness (QED) is 0.780. The Kier molecular flexibility index (Phi) is 5.09. The van der Waals surface area contributed by atoms with Gasteiger partial charge < -0.3 is 10.0 Å². The van der Waals surface area contributed by atoms with E-state index in [-0.39, 0.29) is 35.6 Å². The van der Waals surface area contributed by atoms with Crippen LogP contribution in [0, 0.1) is 0 Å². The summed E-state index contributed by atoms with van der Waals surface area (Å²) in [6.07, 6.45) is 2.40. The molecule has 1 aliphatic heterocycles. The number of aliphatic carboxylic acids is 1. The van der Waals surface area contributed by atoms with Crippen molar-refractivity contribution < 1.29 is 19.5 Å². The summed E-state index contributed by atoms with van der Waals surface area (Å²) in [5.74, 6) is -1.39. The summed E-state index contributed by atoms with van der Waals surface area (Å²) >= 11 is 9.19. The second kappa shape index (κ2) is 6.97. The Bertz CT molecular complexity index is 839. The maximum Gasteiger partial charge on any atom is 0.307 e. The monoisotopic (exact) mass is 397 g/mol. The van der Waals surface area contributed by atoms with Crippen LogP contribution in [0.5, 0.6) is 0 Å². The number of fused-ring (bicyclic) bond motifs is 1. The van der Waals surface area contributed by atoms with Crippen LogP contribution in [0.15, 0.2) is 38.2 Å². The first-order valence-corrected chi connectivity index (χ1v) is 10.1. The second-order valence-corrected chi connectivity index (χ2v) is 8.41. The van der Waals surface area contributed by atoms with Crippen LogP contribution < -0.4 is 0 Å². The maximum atomic E-state index is 13.1. The first-order chi connectivity index (χ1) is 11.8. The SMILES string of the molecule is CSc1ccc(C(=O)N2C(C)=C(CC(=O)O)C3=C(Cl)C(=O)CCC32)s1. The van der Waals surface area contributed by atoms with Crippen molar-refractivity contribution in [1.82, 2.24) is 4.90 Å². The zero-order valence-electron chi connectivity index (χ0n) is 13.7. The molecular formula is C17H16ClNO4S2. The van der Waals surface area contributed by atoms with Crippen LogP contribution in [0.2, 0.25) is 0 Å². The molecule has 1 unspecified atom stereocenters. The van der Waals surface area contributed by atoms with Gasteiger partial charge in [0.1, 0.15) is 0 Å². The van der Waals surface area contributed by atoms with Gasteiger partial charge in [-0.15, -0.1) is 23.1 Å². The van der Waals surface area contributed by atoms with Crippen molar-refractivity contribution in [2.75, 3.05) is 6.26 Å². The van der Waals surface area contributed by atoms with Crippen LogP contribution in [0.1, 0.15) is 35.9 Å². The molecule has 0 spiro atoms. The minimum atomic E-state index is -1.02. The fourth-order valence-electron chi connectivity index (χ4n) is 3.32. The van der Waals surface area contributed by atoms with Crippen molar-refractivity contribution >= 4 is 52.4 Å². The van der Waals surface area contributed by atoms with E-state index in [0.717, 1.165) is 4.21 Å². The molecule has 0 saturated heterocycles. The number of hydrogen-bond donors (Lipinski definition) is 1. The number of thiophene rings is 1. The van der Waals surface area contributed by atoms with Gasteiger partial charge in [0.15, 0.2) is 5.78 Å². The summed E-state index contributed by atoms with van der Waals surface area (Å²) in [7, 11) is 0. The van der Waals surface area contributed by atoms with Gasteiger partial charge in [-0.3, -0.25) is 14.4 Å². The predicted octanol–water partition coefficient (Wildman–Crippen LogP) is 3.90. The van der Waals surface area contributed by atoms with Crippen molar-refractivity contribution in [3.05, 3.63) is 38.9 Å². The van der Waals surface area contributed by atoms with Gasteiger partial charge in [0.05, 0.1) is 26.6 Å². The van der Waals surface area contributed by atoms with Gasteiger partial charge in [0.2, 0.25) is 0 Å². The smallest absolute Gasteiger partial charge is 0.307 e. The third-order valence-corrected chi connectivity index (χ3v) is 7.01. The Morgan fingerprint density at radius 2 is 2.16 bits per heavy atom. The molecule has 1 aromatic rings. The maximum absolute atomic E-state index is 13.1. The van der Waals surface area contributed by atoms with Gasteiger partial charge >= 0.3 is 5.97 Å². The van der Waals surface area contributed by atoms with Crippen molar-refractivity contribution in [3.8, 4) is 0 Å². The first kappa shape index (κ1) is 18.2. The Morgan fingerprint density at radius 1 is 1.44 bits per heavy atom. The molecule has 1 atom stereocenters. The average molecular weight is 398 g/mol. The van der Waals surface area contributed by atoms with E-state index in [1.54, 1.807) is 29.7 Å². The van der Waals surface area contributed by atoms with Crippen molar-refractivity contribution in [1.29, 1.82) is 0 Å². The predicted molar refractivity (Wildman–Crippen MR) is 98.1 cm³/mol. The normalized spacial score (nSPS) is 20.4. The molecule has 1 N–H and O–H groups in total. The van der Waals surface area contributed by atoms with E-state index in [2.05, 4.69) is 0 Å². The fourth-order valence-corrected chi connectivity index (χ4v) is 5.13. The van der Waals surface area contributed by atoms with Gasteiger partial charge in [-0.1, -0.05) is 11.6 Å². The van der Waals surface area contributed by atoms with E-state index < -0.39 is 5.97 Å². The number of allylic oxidation sites excluding steroid dienone is 2. The molecule has 1 aromatic heterocycles. The van der Waals surface area contributed by atoms with Gasteiger partial charge in [-0.05, 0) is 37.3 Å². The summed E-state index contributed by atoms with van der Waals surface area (Å²) in [5.41, 5.74) is 1.55. The molecule has 3 rings (SSSR count). The zero-order chi connectivity index (χ0) is 18.3. The van der Waals surface area contributed by atoms with Crippen LogP contribution in [-0.2, 0) is 9.59 Å². The molecule has 1 aliphatic carbocycles. The van der Waals surface area contributed by atoms with Crippen molar-refractivity contribution in [2.45, 2.75) is 36.4 Å². The van der Waals surface area contributed by atoms with E-state index in [9.17, 15) is 19.5 Å². The topological polar surface area (TPSA) is 74.7 Å². The lowest BCUT2D eigenvalue weighted by Gasteiger charge is -2.29. The zero-order valence-corrected chi connectivity index (χ0v) is 16.1. The summed E-state index contributed by atoms with van der Waals surface area (Å²) in [6, 6.07) is 3.30. The molecule has 8 heteroatoms. The molecule has 2 aliphatic rings. The molecule has 0 radical (unpaired) electrons. The number of amides is 1. The van der Waals surface area contributed by atoms with Crippen LogP contribution in [-0.4, -0.2) is 40.0 Å².